The third-order valence-electron chi connectivity index (χ3n) is 5.59. The highest BCUT2D eigenvalue weighted by Crippen LogP contribution is 2.26. The van der Waals surface area contributed by atoms with Gasteiger partial charge in [0.05, 0.1) is 0 Å². The molecule has 0 spiro atoms. The van der Waals surface area contributed by atoms with E-state index in [2.05, 4.69) is 25.8 Å². The first kappa shape index (κ1) is 22.9. The third-order valence-corrected chi connectivity index (χ3v) is 5.59. The van der Waals surface area contributed by atoms with Crippen molar-refractivity contribution in [1.82, 2.24) is 20.9 Å². The van der Waals surface area contributed by atoms with Gasteiger partial charge in [-0.05, 0) is 37.8 Å². The summed E-state index contributed by atoms with van der Waals surface area (Å²) >= 11 is 0. The summed E-state index contributed by atoms with van der Waals surface area (Å²) in [5, 5.41) is 9.87. The van der Waals surface area contributed by atoms with Crippen LogP contribution in [0, 0.1) is 0 Å². The molecular formula is C21H34IN5O. The molecule has 3 N–H and O–H groups in total. The fourth-order valence-electron chi connectivity index (χ4n) is 4.08. The number of carbonyl (C=O) groups excluding carboxylic acids is 1. The molecule has 0 radical (unpaired) electrons. The SMILES string of the molecule is CN=C(NCCCNC(=O)c1ccccc1)NC1CCN(C2CCCC2)C1.I. The standard InChI is InChI=1S/C21H33N5O.HI/c1-22-21(25-18-12-15-26(16-18)19-10-5-6-11-19)24-14-7-13-23-20(27)17-8-3-2-4-9-17;/h2-4,8-9,18-19H,5-7,10-16H2,1H3,(H,23,27)(H2,22,24,25);1H. The smallest absolute Gasteiger partial charge is 0.251 e. The maximum Gasteiger partial charge on any atom is 0.251 e. The molecule has 1 aliphatic carbocycles. The van der Waals surface area contributed by atoms with E-state index in [9.17, 15) is 4.79 Å². The van der Waals surface area contributed by atoms with Crippen molar-refractivity contribution in [3.05, 3.63) is 35.9 Å². The number of benzene rings is 1. The molecule has 7 heteroatoms. The number of aliphatic imine (C=N–C) groups is 1. The Morgan fingerprint density at radius 2 is 1.82 bits per heavy atom. The van der Waals surface area contributed by atoms with E-state index in [-0.39, 0.29) is 29.9 Å². The van der Waals surface area contributed by atoms with E-state index in [1.165, 1.54) is 38.6 Å². The predicted octanol–water partition coefficient (Wildman–Crippen LogP) is 2.61. The van der Waals surface area contributed by atoms with Crippen LogP contribution in [0.2, 0.25) is 0 Å². The van der Waals surface area contributed by atoms with E-state index in [1.807, 2.05) is 37.4 Å². The minimum absolute atomic E-state index is 0. The van der Waals surface area contributed by atoms with Crippen molar-refractivity contribution in [3.63, 3.8) is 0 Å². The molecule has 1 aliphatic heterocycles. The number of nitrogens with zero attached hydrogens (tertiary/aromatic N) is 2. The van der Waals surface area contributed by atoms with Crippen molar-refractivity contribution in [2.24, 2.45) is 4.99 Å². The summed E-state index contributed by atoms with van der Waals surface area (Å²) in [7, 11) is 1.82. The monoisotopic (exact) mass is 499 g/mol. The molecule has 0 bridgehead atoms. The van der Waals surface area contributed by atoms with Crippen LogP contribution in [0.1, 0.15) is 48.9 Å². The number of amides is 1. The Hall–Kier alpha value is -1.35. The van der Waals surface area contributed by atoms with Gasteiger partial charge in [0, 0.05) is 50.9 Å². The highest BCUT2D eigenvalue weighted by molar-refractivity contribution is 14.0. The molecule has 2 fully saturated rings. The number of hydrogen-bond acceptors (Lipinski definition) is 3. The molecular weight excluding hydrogens is 465 g/mol. The quantitative estimate of drug-likeness (QED) is 0.234. The second-order valence-corrected chi connectivity index (χ2v) is 7.54. The molecule has 1 atom stereocenters. The van der Waals surface area contributed by atoms with Crippen LogP contribution in [-0.2, 0) is 0 Å². The Kier molecular flexibility index (Phi) is 10.0. The van der Waals surface area contributed by atoms with Crippen LogP contribution in [0.15, 0.2) is 35.3 Å². The van der Waals surface area contributed by atoms with Gasteiger partial charge in [0.2, 0.25) is 0 Å². The Labute approximate surface area is 186 Å². The highest BCUT2D eigenvalue weighted by Gasteiger charge is 2.30. The van der Waals surface area contributed by atoms with Crippen molar-refractivity contribution in [1.29, 1.82) is 0 Å². The van der Waals surface area contributed by atoms with Gasteiger partial charge in [-0.25, -0.2) is 0 Å². The van der Waals surface area contributed by atoms with Crippen molar-refractivity contribution in [3.8, 4) is 0 Å². The normalized spacial score (nSPS) is 20.6. The van der Waals surface area contributed by atoms with Crippen LogP contribution in [0.4, 0.5) is 0 Å². The average molecular weight is 499 g/mol. The molecule has 1 saturated heterocycles. The first-order chi connectivity index (χ1) is 13.3. The van der Waals surface area contributed by atoms with Crippen molar-refractivity contribution >= 4 is 35.8 Å². The summed E-state index contributed by atoms with van der Waals surface area (Å²) in [6.45, 7) is 3.76. The number of halogens is 1. The van der Waals surface area contributed by atoms with E-state index < -0.39 is 0 Å². The second-order valence-electron chi connectivity index (χ2n) is 7.54. The van der Waals surface area contributed by atoms with Crippen LogP contribution >= 0.6 is 24.0 Å². The molecule has 3 rings (SSSR count). The van der Waals surface area contributed by atoms with E-state index in [1.54, 1.807) is 0 Å². The molecule has 1 amide bonds. The first-order valence-electron chi connectivity index (χ1n) is 10.3. The van der Waals surface area contributed by atoms with E-state index in [4.69, 9.17) is 0 Å². The van der Waals surface area contributed by atoms with Gasteiger partial charge in [-0.1, -0.05) is 31.0 Å². The second kappa shape index (κ2) is 12.3. The minimum Gasteiger partial charge on any atom is -0.356 e. The third kappa shape index (κ3) is 6.92. The molecule has 6 nitrogen and oxygen atoms in total. The highest BCUT2D eigenvalue weighted by atomic mass is 127. The number of carbonyl (C=O) groups is 1. The van der Waals surface area contributed by atoms with Crippen LogP contribution in [0.3, 0.4) is 0 Å². The molecule has 1 aromatic carbocycles. The van der Waals surface area contributed by atoms with Crippen LogP contribution in [0.5, 0.6) is 0 Å². The number of hydrogen-bond donors (Lipinski definition) is 3. The van der Waals surface area contributed by atoms with Gasteiger partial charge in [0.25, 0.3) is 5.91 Å². The summed E-state index contributed by atoms with van der Waals surface area (Å²) in [4.78, 5) is 19.0. The average Bonchev–Trinajstić information content (AvgIpc) is 3.39. The molecule has 1 aromatic rings. The molecule has 1 heterocycles. The van der Waals surface area contributed by atoms with Gasteiger partial charge in [-0.3, -0.25) is 14.7 Å². The summed E-state index contributed by atoms with van der Waals surface area (Å²) in [5.41, 5.74) is 0.705. The van der Waals surface area contributed by atoms with Gasteiger partial charge in [-0.15, -0.1) is 24.0 Å². The van der Waals surface area contributed by atoms with Crippen molar-refractivity contribution < 1.29 is 4.79 Å². The molecule has 1 saturated carbocycles. The summed E-state index contributed by atoms with van der Waals surface area (Å²) in [5.74, 6) is 0.846. The minimum atomic E-state index is -0.0175. The first-order valence-corrected chi connectivity index (χ1v) is 10.3. The van der Waals surface area contributed by atoms with Gasteiger partial charge in [0.15, 0.2) is 5.96 Å². The topological polar surface area (TPSA) is 68.8 Å². The van der Waals surface area contributed by atoms with E-state index >= 15 is 0 Å². The van der Waals surface area contributed by atoms with Gasteiger partial charge < -0.3 is 16.0 Å². The largest absolute Gasteiger partial charge is 0.356 e. The lowest BCUT2D eigenvalue weighted by molar-refractivity contribution is 0.0953. The summed E-state index contributed by atoms with van der Waals surface area (Å²) in [6.07, 6.45) is 7.57. The zero-order chi connectivity index (χ0) is 18.9. The molecule has 1 unspecified atom stereocenters. The van der Waals surface area contributed by atoms with Gasteiger partial charge in [0.1, 0.15) is 0 Å². The van der Waals surface area contributed by atoms with E-state index in [0.717, 1.165) is 31.5 Å². The van der Waals surface area contributed by atoms with Crippen LogP contribution in [0.25, 0.3) is 0 Å². The number of guanidine groups is 1. The fraction of sp³-hybridized carbons (Fsp3) is 0.619. The van der Waals surface area contributed by atoms with Gasteiger partial charge in [-0.2, -0.15) is 0 Å². The number of rotatable bonds is 7. The van der Waals surface area contributed by atoms with Crippen molar-refractivity contribution in [2.75, 3.05) is 33.2 Å². The summed E-state index contributed by atoms with van der Waals surface area (Å²) in [6, 6.07) is 10.6. The number of nitrogens with one attached hydrogen (secondary N) is 3. The predicted molar refractivity (Wildman–Crippen MR) is 126 cm³/mol. The fourth-order valence-corrected chi connectivity index (χ4v) is 4.08. The Balaban J connectivity index is 0.00000280. The molecule has 0 aromatic heterocycles. The summed E-state index contributed by atoms with van der Waals surface area (Å²) < 4.78 is 0. The molecule has 156 valence electrons. The zero-order valence-electron chi connectivity index (χ0n) is 16.8. The maximum atomic E-state index is 12.0. The lowest BCUT2D eigenvalue weighted by atomic mass is 10.2. The lowest BCUT2D eigenvalue weighted by Crippen LogP contribution is -2.45. The van der Waals surface area contributed by atoms with Crippen LogP contribution < -0.4 is 16.0 Å². The van der Waals surface area contributed by atoms with E-state index in [0.29, 0.717) is 18.2 Å². The Morgan fingerprint density at radius 1 is 1.11 bits per heavy atom. The maximum absolute atomic E-state index is 12.0. The zero-order valence-corrected chi connectivity index (χ0v) is 19.2. The van der Waals surface area contributed by atoms with Crippen LogP contribution in [-0.4, -0.2) is 62.1 Å². The number of likely N-dealkylation sites (tertiary alicyclic amines) is 1. The Bertz CT molecular complexity index is 618. The molecule has 28 heavy (non-hydrogen) atoms. The molecule has 2 aliphatic rings. The lowest BCUT2D eigenvalue weighted by Gasteiger charge is -2.24. The Morgan fingerprint density at radius 3 is 2.54 bits per heavy atom. The van der Waals surface area contributed by atoms with Gasteiger partial charge >= 0.3 is 0 Å². The van der Waals surface area contributed by atoms with Crippen molar-refractivity contribution in [2.45, 2.75) is 50.6 Å².